The van der Waals surface area contributed by atoms with Crippen LogP contribution in [0.15, 0.2) is 45.3 Å². The number of rotatable bonds is 3. The van der Waals surface area contributed by atoms with Crippen LogP contribution in [0.1, 0.15) is 21.8 Å². The van der Waals surface area contributed by atoms with E-state index < -0.39 is 5.92 Å². The van der Waals surface area contributed by atoms with Gasteiger partial charge in [0.25, 0.3) is 0 Å². The molecule has 0 N–H and O–H groups in total. The molecule has 2 aromatic rings. The van der Waals surface area contributed by atoms with Crippen LogP contribution < -0.4 is 0 Å². The van der Waals surface area contributed by atoms with E-state index in [0.29, 0.717) is 25.6 Å². The van der Waals surface area contributed by atoms with Gasteiger partial charge in [0.2, 0.25) is 0 Å². The molecule has 0 saturated heterocycles. The average Bonchev–Trinajstić information content (AvgIpc) is 2.44. The minimum Gasteiger partial charge on any atom is -0.292 e. The standard InChI is InChI=1S/C15H7Br2Cl2NO/c16-8-1-4-13(17)11(5-8)15(21)12(7-20)10-3-2-9(18)6-14(10)19/h1-6,12H. The number of nitrogens with zero attached hydrogens (tertiary/aromatic N) is 1. The van der Waals surface area contributed by atoms with E-state index in [1.807, 2.05) is 6.07 Å². The molecule has 0 saturated carbocycles. The van der Waals surface area contributed by atoms with E-state index in [-0.39, 0.29) is 5.78 Å². The third kappa shape index (κ3) is 3.67. The molecule has 0 fully saturated rings. The van der Waals surface area contributed by atoms with Gasteiger partial charge in [-0.25, -0.2) is 0 Å². The second kappa shape index (κ2) is 6.93. The fraction of sp³-hybridized carbons (Fsp3) is 0.0667. The van der Waals surface area contributed by atoms with Gasteiger partial charge in [0, 0.05) is 24.6 Å². The summed E-state index contributed by atoms with van der Waals surface area (Å²) in [6, 6.07) is 12.0. The highest BCUT2D eigenvalue weighted by Crippen LogP contribution is 2.32. The van der Waals surface area contributed by atoms with Crippen molar-refractivity contribution in [2.45, 2.75) is 5.92 Å². The van der Waals surface area contributed by atoms with Gasteiger partial charge in [-0.2, -0.15) is 5.26 Å². The molecule has 2 nitrogen and oxygen atoms in total. The molecule has 0 spiro atoms. The Labute approximate surface area is 148 Å². The van der Waals surface area contributed by atoms with E-state index in [0.717, 1.165) is 4.47 Å². The second-order valence-corrected chi connectivity index (χ2v) is 6.83. The quantitative estimate of drug-likeness (QED) is 0.541. The van der Waals surface area contributed by atoms with Crippen molar-refractivity contribution in [2.24, 2.45) is 0 Å². The van der Waals surface area contributed by atoms with Gasteiger partial charge >= 0.3 is 0 Å². The maximum atomic E-state index is 12.6. The molecule has 0 amide bonds. The van der Waals surface area contributed by atoms with E-state index in [9.17, 15) is 10.1 Å². The van der Waals surface area contributed by atoms with E-state index in [1.165, 1.54) is 6.07 Å². The largest absolute Gasteiger partial charge is 0.292 e. The molecule has 106 valence electrons. The molecule has 0 bridgehead atoms. The molecule has 0 aliphatic carbocycles. The summed E-state index contributed by atoms with van der Waals surface area (Å²) in [6.45, 7) is 0. The Kier molecular flexibility index (Phi) is 5.45. The monoisotopic (exact) mass is 445 g/mol. The number of hydrogen-bond donors (Lipinski definition) is 0. The van der Waals surface area contributed by atoms with Crippen molar-refractivity contribution in [3.05, 3.63) is 66.5 Å². The smallest absolute Gasteiger partial charge is 0.185 e. The van der Waals surface area contributed by atoms with Crippen LogP contribution in [0.5, 0.6) is 0 Å². The summed E-state index contributed by atoms with van der Waals surface area (Å²) in [4.78, 5) is 12.6. The Hall–Kier alpha value is -0.860. The lowest BCUT2D eigenvalue weighted by Gasteiger charge is -2.12. The number of ketones is 1. The second-order valence-electron chi connectivity index (χ2n) is 4.22. The van der Waals surface area contributed by atoms with Crippen LogP contribution in [0.4, 0.5) is 0 Å². The lowest BCUT2D eigenvalue weighted by Crippen LogP contribution is -2.12. The molecular formula is C15H7Br2Cl2NO. The van der Waals surface area contributed by atoms with Crippen molar-refractivity contribution in [3.63, 3.8) is 0 Å². The third-order valence-electron chi connectivity index (χ3n) is 2.86. The van der Waals surface area contributed by atoms with E-state index >= 15 is 0 Å². The summed E-state index contributed by atoms with van der Waals surface area (Å²) < 4.78 is 1.38. The first-order chi connectivity index (χ1) is 9.93. The summed E-state index contributed by atoms with van der Waals surface area (Å²) in [6.07, 6.45) is 0. The number of Topliss-reactive ketones (excluding diaryl/α,β-unsaturated/α-hetero) is 1. The van der Waals surface area contributed by atoms with Crippen LogP contribution in [0, 0.1) is 11.3 Å². The first-order valence-corrected chi connectivity index (χ1v) is 8.12. The first-order valence-electron chi connectivity index (χ1n) is 5.78. The lowest BCUT2D eigenvalue weighted by atomic mass is 9.92. The Balaban J connectivity index is 2.49. The van der Waals surface area contributed by atoms with Crippen molar-refractivity contribution < 1.29 is 4.79 Å². The molecule has 2 aromatic carbocycles. The van der Waals surface area contributed by atoms with Crippen molar-refractivity contribution >= 4 is 60.8 Å². The topological polar surface area (TPSA) is 40.9 Å². The minimum atomic E-state index is -0.986. The van der Waals surface area contributed by atoms with Gasteiger partial charge in [0.15, 0.2) is 5.78 Å². The van der Waals surface area contributed by atoms with Crippen molar-refractivity contribution in [1.82, 2.24) is 0 Å². The highest BCUT2D eigenvalue weighted by Gasteiger charge is 2.25. The molecule has 0 aromatic heterocycles. The number of benzene rings is 2. The van der Waals surface area contributed by atoms with E-state index in [2.05, 4.69) is 31.9 Å². The van der Waals surface area contributed by atoms with Crippen LogP contribution in [-0.2, 0) is 0 Å². The Bertz CT molecular complexity index is 756. The average molecular weight is 448 g/mol. The number of carbonyl (C=O) groups is 1. The SMILES string of the molecule is N#CC(C(=O)c1cc(Br)ccc1Br)c1ccc(Cl)cc1Cl. The zero-order valence-corrected chi connectivity index (χ0v) is 15.1. The summed E-state index contributed by atoms with van der Waals surface area (Å²) in [5, 5.41) is 10.1. The lowest BCUT2D eigenvalue weighted by molar-refractivity contribution is 0.0978. The number of halogens is 4. The Morgan fingerprint density at radius 2 is 1.86 bits per heavy atom. The molecule has 1 unspecified atom stereocenters. The summed E-state index contributed by atoms with van der Waals surface area (Å²) in [7, 11) is 0. The maximum Gasteiger partial charge on any atom is 0.185 e. The Morgan fingerprint density at radius 1 is 1.14 bits per heavy atom. The van der Waals surface area contributed by atoms with Gasteiger partial charge in [-0.05, 0) is 35.9 Å². The summed E-state index contributed by atoms with van der Waals surface area (Å²) in [5.74, 6) is -1.31. The van der Waals surface area contributed by atoms with Crippen LogP contribution in [0.3, 0.4) is 0 Å². The molecule has 0 heterocycles. The molecule has 21 heavy (non-hydrogen) atoms. The highest BCUT2D eigenvalue weighted by atomic mass is 79.9. The minimum absolute atomic E-state index is 0.300. The van der Waals surface area contributed by atoms with Crippen molar-refractivity contribution in [1.29, 1.82) is 5.26 Å². The van der Waals surface area contributed by atoms with E-state index in [4.69, 9.17) is 23.2 Å². The fourth-order valence-corrected chi connectivity index (χ4v) is 3.17. The van der Waals surface area contributed by atoms with Gasteiger partial charge < -0.3 is 0 Å². The van der Waals surface area contributed by atoms with Gasteiger partial charge in [0.1, 0.15) is 5.92 Å². The van der Waals surface area contributed by atoms with Gasteiger partial charge in [-0.15, -0.1) is 0 Å². The predicted octanol–water partition coefficient (Wildman–Crippen LogP) is 6.01. The van der Waals surface area contributed by atoms with E-state index in [1.54, 1.807) is 30.3 Å². The van der Waals surface area contributed by atoms with Crippen LogP contribution in [0.2, 0.25) is 10.0 Å². The highest BCUT2D eigenvalue weighted by molar-refractivity contribution is 9.11. The van der Waals surface area contributed by atoms with Crippen LogP contribution in [0.25, 0.3) is 0 Å². The first kappa shape index (κ1) is 16.5. The molecule has 1 atom stereocenters. The zero-order chi connectivity index (χ0) is 15.6. The number of nitriles is 1. The summed E-state index contributed by atoms with van der Waals surface area (Å²) >= 11 is 18.6. The van der Waals surface area contributed by atoms with Crippen LogP contribution in [-0.4, -0.2) is 5.78 Å². The molecule has 6 heteroatoms. The van der Waals surface area contributed by atoms with Gasteiger partial charge in [0.05, 0.1) is 6.07 Å². The zero-order valence-electron chi connectivity index (χ0n) is 10.4. The van der Waals surface area contributed by atoms with Crippen molar-refractivity contribution in [3.8, 4) is 6.07 Å². The molecule has 0 aliphatic rings. The molecule has 2 rings (SSSR count). The fourth-order valence-electron chi connectivity index (χ4n) is 1.85. The normalized spacial score (nSPS) is 11.8. The molecule has 0 aliphatic heterocycles. The number of carbonyl (C=O) groups excluding carboxylic acids is 1. The summed E-state index contributed by atoms with van der Waals surface area (Å²) in [5.41, 5.74) is 0.863. The maximum absolute atomic E-state index is 12.6. The Morgan fingerprint density at radius 3 is 2.48 bits per heavy atom. The predicted molar refractivity (Wildman–Crippen MR) is 91.0 cm³/mol. The van der Waals surface area contributed by atoms with Crippen molar-refractivity contribution in [2.75, 3.05) is 0 Å². The van der Waals surface area contributed by atoms with Gasteiger partial charge in [-0.1, -0.05) is 61.1 Å². The number of hydrogen-bond acceptors (Lipinski definition) is 2. The molecular weight excluding hydrogens is 441 g/mol. The van der Waals surface area contributed by atoms with Crippen LogP contribution >= 0.6 is 55.1 Å². The third-order valence-corrected chi connectivity index (χ3v) is 4.61. The molecule has 0 radical (unpaired) electrons. The van der Waals surface area contributed by atoms with Gasteiger partial charge in [-0.3, -0.25) is 4.79 Å².